The van der Waals surface area contributed by atoms with E-state index in [1.807, 2.05) is 6.92 Å². The molecular weight excluding hydrogens is 266 g/mol. The number of carbonyl (C=O) groups excluding carboxylic acids is 2. The minimum Gasteiger partial charge on any atom is -0.461 e. The molecule has 1 aromatic heterocycles. The van der Waals surface area contributed by atoms with Gasteiger partial charge in [-0.15, -0.1) is 11.3 Å². The van der Waals surface area contributed by atoms with Crippen LogP contribution in [0.1, 0.15) is 64.9 Å². The summed E-state index contributed by atoms with van der Waals surface area (Å²) in [5.41, 5.74) is 0.123. The topological polar surface area (TPSA) is 65.5 Å². The molecule has 0 radical (unpaired) electrons. The van der Waals surface area contributed by atoms with E-state index in [1.54, 1.807) is 6.92 Å². The smallest absolute Gasteiger partial charge is 0.358 e. The lowest BCUT2D eigenvalue weighted by molar-refractivity contribution is 0.0505. The van der Waals surface area contributed by atoms with Gasteiger partial charge in [0.25, 0.3) is 0 Å². The fourth-order valence-corrected chi connectivity index (χ4v) is 3.06. The standard InChI is InChI=1S/C13H17NO4S/c1-4-17-13(16)10-11(8(3)15)19-12(14-10)9-6-5-7(2)18-9/h7,9H,4-6H2,1-3H3. The van der Waals surface area contributed by atoms with Crippen LogP contribution in [0.25, 0.3) is 0 Å². The quantitative estimate of drug-likeness (QED) is 0.628. The summed E-state index contributed by atoms with van der Waals surface area (Å²) in [6, 6.07) is 0. The van der Waals surface area contributed by atoms with E-state index in [9.17, 15) is 9.59 Å². The molecule has 0 bridgehead atoms. The Morgan fingerprint density at radius 2 is 2.21 bits per heavy atom. The lowest BCUT2D eigenvalue weighted by atomic mass is 10.2. The molecule has 5 nitrogen and oxygen atoms in total. The van der Waals surface area contributed by atoms with Gasteiger partial charge in [0.2, 0.25) is 0 Å². The van der Waals surface area contributed by atoms with Crippen LogP contribution < -0.4 is 0 Å². The van der Waals surface area contributed by atoms with E-state index in [4.69, 9.17) is 9.47 Å². The van der Waals surface area contributed by atoms with Gasteiger partial charge in [-0.2, -0.15) is 0 Å². The third kappa shape index (κ3) is 3.01. The van der Waals surface area contributed by atoms with Crippen LogP contribution in [-0.4, -0.2) is 29.4 Å². The highest BCUT2D eigenvalue weighted by molar-refractivity contribution is 7.14. The van der Waals surface area contributed by atoms with Crippen molar-refractivity contribution >= 4 is 23.1 Å². The Morgan fingerprint density at radius 1 is 1.47 bits per heavy atom. The molecule has 2 rings (SSSR count). The maximum atomic E-state index is 11.8. The van der Waals surface area contributed by atoms with Crippen molar-refractivity contribution < 1.29 is 19.1 Å². The number of rotatable bonds is 4. The number of aromatic nitrogens is 1. The summed E-state index contributed by atoms with van der Waals surface area (Å²) in [6.45, 7) is 5.42. The average molecular weight is 283 g/mol. The van der Waals surface area contributed by atoms with Gasteiger partial charge in [0.1, 0.15) is 16.0 Å². The van der Waals surface area contributed by atoms with Crippen molar-refractivity contribution in [2.45, 2.75) is 45.8 Å². The molecular formula is C13H17NO4S. The van der Waals surface area contributed by atoms with Crippen LogP contribution in [0.2, 0.25) is 0 Å². The Hall–Kier alpha value is -1.27. The first-order valence-electron chi connectivity index (χ1n) is 6.37. The molecule has 0 saturated carbocycles. The summed E-state index contributed by atoms with van der Waals surface area (Å²) in [4.78, 5) is 28.0. The van der Waals surface area contributed by atoms with Gasteiger partial charge in [-0.05, 0) is 26.7 Å². The van der Waals surface area contributed by atoms with E-state index in [0.29, 0.717) is 9.88 Å². The number of nitrogens with zero attached hydrogens (tertiary/aromatic N) is 1. The number of thiazole rings is 1. The Kier molecular flexibility index (Phi) is 4.31. The number of Topliss-reactive ketones (excluding diaryl/α,β-unsaturated/α-hetero) is 1. The fourth-order valence-electron chi connectivity index (χ4n) is 2.04. The van der Waals surface area contributed by atoms with Crippen LogP contribution in [0.5, 0.6) is 0 Å². The lowest BCUT2D eigenvalue weighted by Gasteiger charge is -2.06. The zero-order valence-electron chi connectivity index (χ0n) is 11.3. The van der Waals surface area contributed by atoms with Crippen molar-refractivity contribution in [3.63, 3.8) is 0 Å². The van der Waals surface area contributed by atoms with E-state index < -0.39 is 5.97 Å². The molecule has 2 unspecified atom stereocenters. The second-order valence-electron chi connectivity index (χ2n) is 4.52. The number of ether oxygens (including phenoxy) is 2. The Morgan fingerprint density at radius 3 is 2.74 bits per heavy atom. The highest BCUT2D eigenvalue weighted by Gasteiger charge is 2.30. The maximum absolute atomic E-state index is 11.8. The highest BCUT2D eigenvalue weighted by Crippen LogP contribution is 2.36. The minimum absolute atomic E-state index is 0.110. The van der Waals surface area contributed by atoms with E-state index in [-0.39, 0.29) is 30.3 Å². The maximum Gasteiger partial charge on any atom is 0.358 e. The summed E-state index contributed by atoms with van der Waals surface area (Å²) in [7, 11) is 0. The van der Waals surface area contributed by atoms with Crippen molar-refractivity contribution in [3.8, 4) is 0 Å². The molecule has 19 heavy (non-hydrogen) atoms. The van der Waals surface area contributed by atoms with Crippen molar-refractivity contribution in [1.82, 2.24) is 4.98 Å². The molecule has 104 valence electrons. The molecule has 2 heterocycles. The Labute approximate surface area is 115 Å². The second kappa shape index (κ2) is 5.79. The van der Waals surface area contributed by atoms with Gasteiger partial charge in [0, 0.05) is 6.92 Å². The van der Waals surface area contributed by atoms with Crippen LogP contribution in [-0.2, 0) is 9.47 Å². The van der Waals surface area contributed by atoms with E-state index in [1.165, 1.54) is 18.3 Å². The second-order valence-corrected chi connectivity index (χ2v) is 5.55. The fraction of sp³-hybridized carbons (Fsp3) is 0.615. The molecule has 0 amide bonds. The van der Waals surface area contributed by atoms with E-state index in [2.05, 4.69) is 4.98 Å². The third-order valence-electron chi connectivity index (χ3n) is 2.94. The van der Waals surface area contributed by atoms with Crippen LogP contribution in [0, 0.1) is 0 Å². The molecule has 2 atom stereocenters. The molecule has 1 fully saturated rings. The number of hydrogen-bond donors (Lipinski definition) is 0. The molecule has 0 N–H and O–H groups in total. The summed E-state index contributed by atoms with van der Waals surface area (Å²) in [5, 5.41) is 0.692. The lowest BCUT2D eigenvalue weighted by Crippen LogP contribution is -2.09. The molecule has 0 aromatic carbocycles. The van der Waals surface area contributed by atoms with E-state index >= 15 is 0 Å². The number of carbonyl (C=O) groups is 2. The summed E-state index contributed by atoms with van der Waals surface area (Å²) in [6.07, 6.45) is 1.92. The largest absolute Gasteiger partial charge is 0.461 e. The van der Waals surface area contributed by atoms with Crippen LogP contribution in [0.15, 0.2) is 0 Å². The molecule has 6 heteroatoms. The SMILES string of the molecule is CCOC(=O)c1nc(C2CCC(C)O2)sc1C(C)=O. The van der Waals surface area contributed by atoms with Crippen molar-refractivity contribution in [2.75, 3.05) is 6.61 Å². The van der Waals surface area contributed by atoms with E-state index in [0.717, 1.165) is 12.8 Å². The van der Waals surface area contributed by atoms with Gasteiger partial charge in [-0.3, -0.25) is 4.79 Å². The minimum atomic E-state index is -0.541. The van der Waals surface area contributed by atoms with Gasteiger partial charge in [0.05, 0.1) is 12.7 Å². The summed E-state index contributed by atoms with van der Waals surface area (Å²) < 4.78 is 10.6. The van der Waals surface area contributed by atoms with Crippen molar-refractivity contribution in [2.24, 2.45) is 0 Å². The summed E-state index contributed by atoms with van der Waals surface area (Å²) >= 11 is 1.23. The average Bonchev–Trinajstić information content (AvgIpc) is 2.94. The normalized spacial score (nSPS) is 22.5. The van der Waals surface area contributed by atoms with Crippen LogP contribution >= 0.6 is 11.3 Å². The van der Waals surface area contributed by atoms with Crippen LogP contribution in [0.4, 0.5) is 0 Å². The predicted octanol–water partition coefficient (Wildman–Crippen LogP) is 2.76. The molecule has 0 aliphatic carbocycles. The molecule has 0 spiro atoms. The number of ketones is 1. The first-order valence-corrected chi connectivity index (χ1v) is 7.18. The zero-order chi connectivity index (χ0) is 14.0. The molecule has 1 aliphatic rings. The summed E-state index contributed by atoms with van der Waals surface area (Å²) in [5.74, 6) is -0.709. The molecule has 1 aromatic rings. The van der Waals surface area contributed by atoms with Crippen molar-refractivity contribution in [1.29, 1.82) is 0 Å². The van der Waals surface area contributed by atoms with Gasteiger partial charge in [-0.25, -0.2) is 9.78 Å². The Bertz CT molecular complexity index is 497. The van der Waals surface area contributed by atoms with Gasteiger partial charge in [0.15, 0.2) is 11.5 Å². The zero-order valence-corrected chi connectivity index (χ0v) is 12.1. The third-order valence-corrected chi connectivity index (χ3v) is 4.19. The number of esters is 1. The molecule has 1 aliphatic heterocycles. The van der Waals surface area contributed by atoms with Gasteiger partial charge < -0.3 is 9.47 Å². The monoisotopic (exact) mass is 283 g/mol. The highest BCUT2D eigenvalue weighted by atomic mass is 32.1. The first kappa shape index (κ1) is 14.1. The molecule has 1 saturated heterocycles. The van der Waals surface area contributed by atoms with Crippen molar-refractivity contribution in [3.05, 3.63) is 15.6 Å². The van der Waals surface area contributed by atoms with Crippen LogP contribution in [0.3, 0.4) is 0 Å². The van der Waals surface area contributed by atoms with Gasteiger partial charge in [-0.1, -0.05) is 0 Å². The first-order chi connectivity index (χ1) is 9.02. The van der Waals surface area contributed by atoms with Gasteiger partial charge >= 0.3 is 5.97 Å². The predicted molar refractivity (Wildman–Crippen MR) is 70.6 cm³/mol. The Balaban J connectivity index is 2.29. The number of hydrogen-bond acceptors (Lipinski definition) is 6.